The van der Waals surface area contributed by atoms with E-state index in [9.17, 15) is 9.59 Å². The molecule has 2 aliphatic heterocycles. The first-order chi connectivity index (χ1) is 19.1. The molecule has 2 aliphatic rings. The molecule has 216 valence electrons. The van der Waals surface area contributed by atoms with Crippen molar-refractivity contribution in [3.05, 3.63) is 53.2 Å². The van der Waals surface area contributed by atoms with Gasteiger partial charge in [0.15, 0.2) is 11.5 Å². The molecule has 4 rings (SSSR count). The highest BCUT2D eigenvalue weighted by Crippen LogP contribution is 2.42. The smallest absolute Gasteiger partial charge is 0.260 e. The number of nitrogens with zero attached hydrogens (tertiary/aromatic N) is 2. The third-order valence-electron chi connectivity index (χ3n) is 7.16. The summed E-state index contributed by atoms with van der Waals surface area (Å²) < 4.78 is 23.2. The Morgan fingerprint density at radius 2 is 1.75 bits per heavy atom. The molecule has 1 atom stereocenters. The summed E-state index contributed by atoms with van der Waals surface area (Å²) in [5, 5.41) is 0.798. The molecule has 0 bridgehead atoms. The van der Waals surface area contributed by atoms with Crippen LogP contribution in [0.2, 0.25) is 25.7 Å². The Kier molecular flexibility index (Phi) is 9.63. The number of benzene rings is 2. The van der Waals surface area contributed by atoms with Crippen molar-refractivity contribution < 1.29 is 28.5 Å². The van der Waals surface area contributed by atoms with E-state index in [2.05, 4.69) is 35.6 Å². The van der Waals surface area contributed by atoms with Gasteiger partial charge in [0, 0.05) is 38.7 Å². The summed E-state index contributed by atoms with van der Waals surface area (Å²) in [5.41, 5.74) is 3.67. The fourth-order valence-electron chi connectivity index (χ4n) is 4.79. The quantitative estimate of drug-likeness (QED) is 0.160. The molecule has 0 fully saturated rings. The zero-order chi connectivity index (χ0) is 29.0. The number of rotatable bonds is 12. The molecule has 0 N–H and O–H groups in total. The third-order valence-corrected chi connectivity index (χ3v) is 9.43. The van der Waals surface area contributed by atoms with Crippen LogP contribution in [0.25, 0.3) is 5.57 Å². The predicted molar refractivity (Wildman–Crippen MR) is 164 cm³/mol. The summed E-state index contributed by atoms with van der Waals surface area (Å²) >= 11 is 3.42. The Bertz CT molecular complexity index is 1290. The van der Waals surface area contributed by atoms with Crippen LogP contribution < -0.4 is 19.1 Å². The number of alkyl halides is 1. The Hall–Kier alpha value is -2.82. The summed E-state index contributed by atoms with van der Waals surface area (Å²) in [6.07, 6.45) is 2.98. The van der Waals surface area contributed by atoms with Crippen LogP contribution in [0.1, 0.15) is 34.3 Å². The minimum atomic E-state index is -1.32. The van der Waals surface area contributed by atoms with E-state index in [1.807, 2.05) is 25.1 Å². The van der Waals surface area contributed by atoms with Crippen molar-refractivity contribution in [3.8, 4) is 17.2 Å². The van der Waals surface area contributed by atoms with Crippen molar-refractivity contribution in [1.29, 1.82) is 0 Å². The van der Waals surface area contributed by atoms with Gasteiger partial charge in [0.2, 0.25) is 0 Å². The second-order valence-corrected chi connectivity index (χ2v) is 17.7. The van der Waals surface area contributed by atoms with Gasteiger partial charge in [-0.25, -0.2) is 0 Å². The number of amides is 2. The van der Waals surface area contributed by atoms with Crippen LogP contribution in [0, 0.1) is 6.92 Å². The molecule has 8 nitrogen and oxygen atoms in total. The molecule has 2 heterocycles. The highest BCUT2D eigenvalue weighted by atomic mass is 79.9. The molecule has 40 heavy (non-hydrogen) atoms. The van der Waals surface area contributed by atoms with Gasteiger partial charge in [0.1, 0.15) is 18.5 Å². The summed E-state index contributed by atoms with van der Waals surface area (Å²) in [7, 11) is 1.86. The molecule has 2 aromatic rings. The number of carbonyl (C=O) groups is 2. The van der Waals surface area contributed by atoms with Gasteiger partial charge in [-0.15, -0.1) is 0 Å². The third kappa shape index (κ3) is 6.55. The van der Waals surface area contributed by atoms with Crippen molar-refractivity contribution in [2.45, 2.75) is 51.5 Å². The van der Waals surface area contributed by atoms with Gasteiger partial charge >= 0.3 is 0 Å². The van der Waals surface area contributed by atoms with Crippen molar-refractivity contribution in [3.63, 3.8) is 0 Å². The molecule has 2 amide bonds. The van der Waals surface area contributed by atoms with E-state index >= 15 is 0 Å². The standard InChI is InChI=1S/C30H39BrN2O6Si/c1-20-8-9-21(15-26(20)36-2)22-14-25-30(35)33(19-38-12-13-40(4,5)6)24-17-28(39-11-7-10-31)27(37-3)16-23(24)29(34)32(25)18-22/h8-9,15-18,25H,7,10-14,19H2,1-6H3/t25-/m0/s1. The number of halogens is 1. The lowest BCUT2D eigenvalue weighted by atomic mass is 10.00. The van der Waals surface area contributed by atoms with E-state index in [0.29, 0.717) is 42.4 Å². The molecule has 0 aliphatic carbocycles. The van der Waals surface area contributed by atoms with Gasteiger partial charge in [-0.2, -0.15) is 0 Å². The summed E-state index contributed by atoms with van der Waals surface area (Å²) in [6.45, 7) is 9.91. The largest absolute Gasteiger partial charge is 0.496 e. The predicted octanol–water partition coefficient (Wildman–Crippen LogP) is 6.09. The molecule has 0 unspecified atom stereocenters. The second kappa shape index (κ2) is 12.8. The van der Waals surface area contributed by atoms with E-state index in [-0.39, 0.29) is 18.5 Å². The first kappa shape index (κ1) is 30.1. The number of methoxy groups -OCH3 is 2. The average Bonchev–Trinajstić information content (AvgIpc) is 3.35. The Morgan fingerprint density at radius 3 is 2.42 bits per heavy atom. The number of ether oxygens (including phenoxy) is 4. The summed E-state index contributed by atoms with van der Waals surface area (Å²) in [4.78, 5) is 31.3. The monoisotopic (exact) mass is 630 g/mol. The van der Waals surface area contributed by atoms with Gasteiger partial charge in [-0.3, -0.25) is 14.5 Å². The number of fused-ring (bicyclic) bond motifs is 2. The number of hydrogen-bond donors (Lipinski definition) is 0. The van der Waals surface area contributed by atoms with E-state index in [0.717, 1.165) is 40.2 Å². The highest BCUT2D eigenvalue weighted by Gasteiger charge is 2.43. The van der Waals surface area contributed by atoms with Gasteiger partial charge in [-0.05, 0) is 48.2 Å². The van der Waals surface area contributed by atoms with Crippen LogP contribution in [-0.4, -0.2) is 70.3 Å². The molecular formula is C30H39BrN2O6Si. The second-order valence-electron chi connectivity index (χ2n) is 11.3. The van der Waals surface area contributed by atoms with Crippen molar-refractivity contribution in [1.82, 2.24) is 4.90 Å². The van der Waals surface area contributed by atoms with Crippen LogP contribution in [0.5, 0.6) is 17.2 Å². The van der Waals surface area contributed by atoms with Crippen LogP contribution in [0.3, 0.4) is 0 Å². The van der Waals surface area contributed by atoms with E-state index < -0.39 is 14.1 Å². The van der Waals surface area contributed by atoms with Gasteiger partial charge in [0.05, 0.1) is 32.1 Å². The van der Waals surface area contributed by atoms with E-state index in [1.165, 1.54) is 0 Å². The van der Waals surface area contributed by atoms with Crippen LogP contribution in [-0.2, 0) is 9.53 Å². The molecule has 0 saturated heterocycles. The fraction of sp³-hybridized carbons (Fsp3) is 0.467. The van der Waals surface area contributed by atoms with Crippen LogP contribution >= 0.6 is 15.9 Å². The van der Waals surface area contributed by atoms with E-state index in [4.69, 9.17) is 18.9 Å². The number of hydrogen-bond acceptors (Lipinski definition) is 6. The zero-order valence-electron chi connectivity index (χ0n) is 24.2. The molecular weight excluding hydrogens is 592 g/mol. The fourth-order valence-corrected chi connectivity index (χ4v) is 5.78. The normalized spacial score (nSPS) is 16.9. The number of aryl methyl sites for hydroxylation is 1. The minimum absolute atomic E-state index is 0.0504. The maximum absolute atomic E-state index is 14.1. The topological polar surface area (TPSA) is 77.5 Å². The lowest BCUT2D eigenvalue weighted by Crippen LogP contribution is -2.45. The Balaban J connectivity index is 1.73. The van der Waals surface area contributed by atoms with Crippen molar-refractivity contribution >= 4 is 47.1 Å². The maximum atomic E-state index is 14.1. The number of anilines is 1. The molecule has 0 saturated carbocycles. The number of carbonyl (C=O) groups excluding carboxylic acids is 2. The zero-order valence-corrected chi connectivity index (χ0v) is 26.8. The molecule has 10 heteroatoms. The average molecular weight is 632 g/mol. The first-order valence-electron chi connectivity index (χ1n) is 13.6. The van der Waals surface area contributed by atoms with Gasteiger partial charge < -0.3 is 23.8 Å². The summed E-state index contributed by atoms with van der Waals surface area (Å²) in [5.74, 6) is 1.23. The van der Waals surface area contributed by atoms with Crippen LogP contribution in [0.15, 0.2) is 36.5 Å². The molecule has 0 spiro atoms. The highest BCUT2D eigenvalue weighted by molar-refractivity contribution is 9.09. The van der Waals surface area contributed by atoms with Gasteiger partial charge in [-0.1, -0.05) is 47.7 Å². The van der Waals surface area contributed by atoms with Crippen LogP contribution in [0.4, 0.5) is 5.69 Å². The molecule has 0 aromatic heterocycles. The lowest BCUT2D eigenvalue weighted by molar-refractivity contribution is -0.122. The minimum Gasteiger partial charge on any atom is -0.496 e. The molecule has 2 aromatic carbocycles. The Morgan fingerprint density at radius 1 is 1.00 bits per heavy atom. The first-order valence-corrected chi connectivity index (χ1v) is 18.4. The van der Waals surface area contributed by atoms with Crippen molar-refractivity contribution in [2.24, 2.45) is 0 Å². The van der Waals surface area contributed by atoms with E-state index in [1.54, 1.807) is 42.4 Å². The van der Waals surface area contributed by atoms with Crippen molar-refractivity contribution in [2.75, 3.05) is 44.4 Å². The maximum Gasteiger partial charge on any atom is 0.260 e. The lowest BCUT2D eigenvalue weighted by Gasteiger charge is -2.26. The summed E-state index contributed by atoms with van der Waals surface area (Å²) in [6, 6.07) is 9.62. The van der Waals surface area contributed by atoms with Gasteiger partial charge in [0.25, 0.3) is 11.8 Å². The Labute approximate surface area is 246 Å². The molecule has 0 radical (unpaired) electrons. The SMILES string of the molecule is COc1cc(C2=CN3C(=O)c4cc(OC)c(OCCCBr)cc4N(COCC[Si](C)(C)C)C(=O)[C@@H]3C2)ccc1C.